The van der Waals surface area contributed by atoms with Crippen LogP contribution < -0.4 is 0 Å². The van der Waals surface area contributed by atoms with Gasteiger partial charge in [-0.15, -0.1) is 0 Å². The summed E-state index contributed by atoms with van der Waals surface area (Å²) in [6.07, 6.45) is 50.8. The van der Waals surface area contributed by atoms with Gasteiger partial charge in [-0.2, -0.15) is 0 Å². The van der Waals surface area contributed by atoms with E-state index >= 15 is 0 Å². The molecule has 0 amide bonds. The van der Waals surface area contributed by atoms with Gasteiger partial charge in [0.05, 0.1) is 27.7 Å². The number of unbranched alkanes of at least 4 members (excludes halogenated alkanes) is 30. The summed E-state index contributed by atoms with van der Waals surface area (Å²) in [5, 5.41) is 0. The van der Waals surface area contributed by atoms with E-state index in [9.17, 15) is 19.0 Å². The second-order valence-electron chi connectivity index (χ2n) is 18.9. The minimum Gasteiger partial charge on any atom is -0.462 e. The molecule has 0 aliphatic carbocycles. The number of likely N-dealkylation sites (N-methyl/N-ethyl adjacent to an activating group) is 1. The van der Waals surface area contributed by atoms with Gasteiger partial charge in [-0.05, 0) is 64.2 Å². The molecular formula is C52H101NO8P+. The maximum atomic E-state index is 12.8. The summed E-state index contributed by atoms with van der Waals surface area (Å²) in [7, 11) is 1.48. The zero-order chi connectivity index (χ0) is 45.7. The number of hydrogen-bond acceptors (Lipinski definition) is 7. The molecule has 0 bridgehead atoms. The molecule has 1 unspecified atom stereocenters. The molecule has 0 radical (unpaired) electrons. The summed E-state index contributed by atoms with van der Waals surface area (Å²) < 4.78 is 34.5. The average Bonchev–Trinajstić information content (AvgIpc) is 3.23. The van der Waals surface area contributed by atoms with Crippen LogP contribution in [0.2, 0.25) is 0 Å². The molecule has 62 heavy (non-hydrogen) atoms. The summed E-state index contributed by atoms with van der Waals surface area (Å²) in [6.45, 7) is 4.45. The van der Waals surface area contributed by atoms with Crippen LogP contribution in [0.1, 0.15) is 245 Å². The van der Waals surface area contributed by atoms with Crippen molar-refractivity contribution in [2.24, 2.45) is 0 Å². The largest absolute Gasteiger partial charge is 0.472 e. The normalized spacial score (nSPS) is 13.6. The van der Waals surface area contributed by atoms with E-state index in [1.165, 1.54) is 173 Å². The number of hydrogen-bond donors (Lipinski definition) is 1. The van der Waals surface area contributed by atoms with Crippen LogP contribution >= 0.6 is 7.82 Å². The first-order valence-corrected chi connectivity index (χ1v) is 27.6. The minimum absolute atomic E-state index is 0.0327. The van der Waals surface area contributed by atoms with Gasteiger partial charge in [0.15, 0.2) is 6.10 Å². The van der Waals surface area contributed by atoms with Crippen molar-refractivity contribution in [1.29, 1.82) is 0 Å². The lowest BCUT2D eigenvalue weighted by Crippen LogP contribution is -2.37. The Balaban J connectivity index is 4.23. The molecule has 0 aromatic carbocycles. The molecule has 0 saturated heterocycles. The third kappa shape index (κ3) is 48.0. The van der Waals surface area contributed by atoms with Crippen LogP contribution in [0.25, 0.3) is 0 Å². The molecule has 2 atom stereocenters. The highest BCUT2D eigenvalue weighted by Crippen LogP contribution is 2.43. The van der Waals surface area contributed by atoms with Crippen molar-refractivity contribution in [3.63, 3.8) is 0 Å². The van der Waals surface area contributed by atoms with E-state index in [0.29, 0.717) is 17.4 Å². The van der Waals surface area contributed by atoms with Crippen LogP contribution in [-0.4, -0.2) is 74.9 Å². The molecule has 0 spiro atoms. The van der Waals surface area contributed by atoms with Crippen molar-refractivity contribution < 1.29 is 42.1 Å². The Hall–Kier alpha value is -1.51. The van der Waals surface area contributed by atoms with E-state index in [4.69, 9.17) is 18.5 Å². The van der Waals surface area contributed by atoms with Crippen molar-refractivity contribution in [3.05, 3.63) is 24.3 Å². The molecule has 366 valence electrons. The first-order chi connectivity index (χ1) is 30.0. The Morgan fingerprint density at radius 3 is 1.19 bits per heavy atom. The number of allylic oxidation sites excluding steroid dienone is 4. The van der Waals surface area contributed by atoms with E-state index in [1.807, 2.05) is 21.1 Å². The third-order valence-corrected chi connectivity index (χ3v) is 12.4. The van der Waals surface area contributed by atoms with Gasteiger partial charge in [-0.25, -0.2) is 4.57 Å². The highest BCUT2D eigenvalue weighted by atomic mass is 31.2. The van der Waals surface area contributed by atoms with Crippen LogP contribution in [0.3, 0.4) is 0 Å². The number of phosphoric ester groups is 1. The van der Waals surface area contributed by atoms with Crippen LogP contribution in [0.15, 0.2) is 24.3 Å². The molecule has 0 fully saturated rings. The predicted molar refractivity (Wildman–Crippen MR) is 261 cm³/mol. The van der Waals surface area contributed by atoms with E-state index < -0.39 is 26.5 Å². The fourth-order valence-electron chi connectivity index (χ4n) is 7.36. The summed E-state index contributed by atoms with van der Waals surface area (Å²) in [5.74, 6) is -0.792. The smallest absolute Gasteiger partial charge is 0.462 e. The van der Waals surface area contributed by atoms with Crippen molar-refractivity contribution in [1.82, 2.24) is 0 Å². The molecular weight excluding hydrogens is 798 g/mol. The Morgan fingerprint density at radius 1 is 0.484 bits per heavy atom. The van der Waals surface area contributed by atoms with Gasteiger partial charge in [-0.3, -0.25) is 18.6 Å². The molecule has 10 heteroatoms. The molecule has 0 rings (SSSR count). The lowest BCUT2D eigenvalue weighted by Gasteiger charge is -2.24. The van der Waals surface area contributed by atoms with Gasteiger partial charge < -0.3 is 18.9 Å². The first kappa shape index (κ1) is 60.5. The first-order valence-electron chi connectivity index (χ1n) is 26.1. The number of nitrogens with zero attached hydrogens (tertiary/aromatic N) is 1. The molecule has 0 aromatic heterocycles. The van der Waals surface area contributed by atoms with Gasteiger partial charge in [0.25, 0.3) is 0 Å². The fraction of sp³-hybridized carbons (Fsp3) is 0.885. The minimum atomic E-state index is -4.38. The number of carbonyl (C=O) groups is 2. The van der Waals surface area contributed by atoms with Gasteiger partial charge in [0.1, 0.15) is 19.8 Å². The summed E-state index contributed by atoms with van der Waals surface area (Å²) in [4.78, 5) is 35.6. The summed E-state index contributed by atoms with van der Waals surface area (Å²) in [5.41, 5.74) is 0. The summed E-state index contributed by atoms with van der Waals surface area (Å²) in [6, 6.07) is 0. The molecule has 0 aromatic rings. The zero-order valence-corrected chi connectivity index (χ0v) is 42.3. The molecule has 0 heterocycles. The SMILES string of the molecule is CCCCCCCC/C=C\CCCCCCCCCCCC(=O)O[C@H](COC(=O)CCCCCCCCCCC/C=C/CCCCCCCC)COP(=O)(O)OCC[N+](C)(C)C. The van der Waals surface area contributed by atoms with Crippen LogP contribution in [-0.2, 0) is 32.7 Å². The topological polar surface area (TPSA) is 108 Å². The van der Waals surface area contributed by atoms with Gasteiger partial charge in [0.2, 0.25) is 0 Å². The van der Waals surface area contributed by atoms with Crippen LogP contribution in [0.5, 0.6) is 0 Å². The van der Waals surface area contributed by atoms with E-state index in [1.54, 1.807) is 0 Å². The second kappa shape index (κ2) is 44.7. The van der Waals surface area contributed by atoms with E-state index in [0.717, 1.165) is 38.5 Å². The standard InChI is InChI=1S/C52H100NO8P/c1-6-8-10-12-14-16-18-20-22-24-26-28-30-32-34-36-38-40-42-44-51(54)58-48-50(49-60-62(56,57)59-47-46-53(3,4)5)61-52(55)45-43-41-39-37-35-33-31-29-27-25-23-21-19-17-15-13-11-9-7-2/h20-23,50H,6-19,24-49H2,1-5H3/p+1/b22-20+,23-21-/t50-/m1/s1. The Labute approximate surface area is 383 Å². The number of esters is 2. The highest BCUT2D eigenvalue weighted by molar-refractivity contribution is 7.47. The highest BCUT2D eigenvalue weighted by Gasteiger charge is 2.27. The predicted octanol–water partition coefficient (Wildman–Crippen LogP) is 15.5. The number of rotatable bonds is 48. The van der Waals surface area contributed by atoms with Crippen molar-refractivity contribution in [2.75, 3.05) is 47.5 Å². The average molecular weight is 899 g/mol. The van der Waals surface area contributed by atoms with Gasteiger partial charge in [0, 0.05) is 12.8 Å². The quantitative estimate of drug-likeness (QED) is 0.0211. The van der Waals surface area contributed by atoms with Gasteiger partial charge in [-0.1, -0.05) is 192 Å². The summed E-state index contributed by atoms with van der Waals surface area (Å²) >= 11 is 0. The Bertz CT molecular complexity index is 1110. The zero-order valence-electron chi connectivity index (χ0n) is 41.4. The second-order valence-corrected chi connectivity index (χ2v) is 20.4. The van der Waals surface area contributed by atoms with Crippen molar-refractivity contribution >= 4 is 19.8 Å². The maximum Gasteiger partial charge on any atom is 0.472 e. The van der Waals surface area contributed by atoms with E-state index in [2.05, 4.69) is 38.2 Å². The third-order valence-electron chi connectivity index (χ3n) is 11.5. The molecule has 0 aliphatic heterocycles. The number of quaternary nitrogens is 1. The monoisotopic (exact) mass is 899 g/mol. The number of phosphoric acid groups is 1. The Kier molecular flexibility index (Phi) is 43.6. The van der Waals surface area contributed by atoms with Crippen molar-refractivity contribution in [3.8, 4) is 0 Å². The van der Waals surface area contributed by atoms with Crippen molar-refractivity contribution in [2.45, 2.75) is 251 Å². The number of ether oxygens (including phenoxy) is 2. The molecule has 9 nitrogen and oxygen atoms in total. The van der Waals surface area contributed by atoms with Gasteiger partial charge >= 0.3 is 19.8 Å². The lowest BCUT2D eigenvalue weighted by atomic mass is 10.1. The maximum absolute atomic E-state index is 12.8. The Morgan fingerprint density at radius 2 is 0.823 bits per heavy atom. The fourth-order valence-corrected chi connectivity index (χ4v) is 8.10. The molecule has 0 aliphatic rings. The molecule has 1 N–H and O–H groups in total. The van der Waals surface area contributed by atoms with Crippen LogP contribution in [0.4, 0.5) is 0 Å². The van der Waals surface area contributed by atoms with E-state index in [-0.39, 0.29) is 32.0 Å². The number of carbonyl (C=O) groups excluding carboxylic acids is 2. The lowest BCUT2D eigenvalue weighted by molar-refractivity contribution is -0.870. The van der Waals surface area contributed by atoms with Crippen LogP contribution in [0, 0.1) is 0 Å². The molecule has 0 saturated carbocycles.